The van der Waals surface area contributed by atoms with Gasteiger partial charge in [-0.1, -0.05) is 83.1 Å². The summed E-state index contributed by atoms with van der Waals surface area (Å²) in [6, 6.07) is 0. The van der Waals surface area contributed by atoms with Crippen LogP contribution in [0.4, 0.5) is 0 Å². The molecule has 512 valence electrons. The van der Waals surface area contributed by atoms with Crippen molar-refractivity contribution in [2.75, 3.05) is 132 Å². The zero-order valence-electron chi connectivity index (χ0n) is 55.3. The molecule has 28 heteroatoms. The molecule has 0 aromatic heterocycles. The second-order valence-electron chi connectivity index (χ2n) is 25.4. The summed E-state index contributed by atoms with van der Waals surface area (Å²) in [5.41, 5.74) is -3.41. The molecule has 0 spiro atoms. The number of carbonyl (C=O) groups is 12. The fraction of sp³-hybridized carbons (Fsp3) is 0.803. The molecule has 0 rings (SSSR count). The summed E-state index contributed by atoms with van der Waals surface area (Å²) < 4.78 is 45.4. The second-order valence-corrected chi connectivity index (χ2v) is 25.4. The van der Waals surface area contributed by atoms with Crippen LogP contribution >= 0.6 is 0 Å². The van der Waals surface area contributed by atoms with Crippen molar-refractivity contribution in [1.29, 1.82) is 0 Å². The van der Waals surface area contributed by atoms with E-state index in [0.717, 1.165) is 0 Å². The molecule has 89 heavy (non-hydrogen) atoms. The van der Waals surface area contributed by atoms with Gasteiger partial charge >= 0.3 is 23.9 Å². The Bertz CT molecular complexity index is 1880. The predicted molar refractivity (Wildman–Crippen MR) is 327 cm³/mol. The molecule has 0 fully saturated rings. The Kier molecular flexibility index (Phi) is 42.3. The van der Waals surface area contributed by atoms with E-state index in [1.54, 1.807) is 83.1 Å². The maximum absolute atomic E-state index is 12.6. The van der Waals surface area contributed by atoms with Crippen LogP contribution in [-0.2, 0) is 95.4 Å². The lowest BCUT2D eigenvalue weighted by molar-refractivity contribution is -0.151. The maximum Gasteiger partial charge on any atom is 0.305 e. The van der Waals surface area contributed by atoms with Crippen LogP contribution in [0.5, 0.6) is 0 Å². The SMILES string of the molecule is CC(C)(C)C(=O)NCCNC(=O)CCCC(=O)OCCOCC(COCCOC(=O)CCCC(=O)NCCNC(=O)C(C)(C)C)(COCCOC(=O)CCCC(=O)NCCNC(=O)C(C)(C)C)COCCOC(=O)CCCC(=O)NCCNC(=O)C(C)(C)C. The first-order valence-electron chi connectivity index (χ1n) is 30.8. The lowest BCUT2D eigenvalue weighted by atomic mass is 9.92. The highest BCUT2D eigenvalue weighted by Gasteiger charge is 2.33. The van der Waals surface area contributed by atoms with E-state index in [0.29, 0.717) is 0 Å². The normalized spacial score (nSPS) is 11.7. The van der Waals surface area contributed by atoms with Gasteiger partial charge < -0.3 is 80.4 Å². The Balaban J connectivity index is 5.74. The van der Waals surface area contributed by atoms with Crippen LogP contribution < -0.4 is 42.5 Å². The molecule has 0 aromatic carbocycles. The quantitative estimate of drug-likeness (QED) is 0.0245. The van der Waals surface area contributed by atoms with Crippen molar-refractivity contribution in [1.82, 2.24) is 42.5 Å². The van der Waals surface area contributed by atoms with E-state index in [1.165, 1.54) is 0 Å². The first-order chi connectivity index (χ1) is 41.7. The monoisotopic (exact) mass is 1270 g/mol. The summed E-state index contributed by atoms with van der Waals surface area (Å²) >= 11 is 0. The van der Waals surface area contributed by atoms with Crippen LogP contribution in [0, 0.1) is 27.1 Å². The van der Waals surface area contributed by atoms with Crippen LogP contribution in [-0.4, -0.2) is 203 Å². The molecule has 0 heterocycles. The van der Waals surface area contributed by atoms with E-state index in [9.17, 15) is 57.5 Å². The summed E-state index contributed by atoms with van der Waals surface area (Å²) in [4.78, 5) is 148. The standard InChI is InChI=1S/C61H108N8O20/c1-57(2,3)53(78)66-29-25-62-45(70)17-13-21-49(74)86-37-33-82-41-61(42-83-34-38-87-50(75)22-14-18-46(71)63-26-30-67-54(79)58(4,5)6,43-84-35-39-88-51(76)23-15-19-47(72)64-27-31-68-55(80)59(7,8)9)44-85-36-40-89-52(77)24-16-20-48(73)65-28-32-69-56(81)60(10,11)12/h13-44H2,1-12H3,(H,62,70)(H,63,71)(H,64,72)(H,65,73)(H,66,78)(H,67,79)(H,68,80)(H,69,81). The number of rotatable bonds is 48. The van der Waals surface area contributed by atoms with E-state index in [2.05, 4.69) is 42.5 Å². The molecular formula is C61H108N8O20. The smallest absolute Gasteiger partial charge is 0.305 e. The van der Waals surface area contributed by atoms with E-state index >= 15 is 0 Å². The maximum atomic E-state index is 12.6. The zero-order chi connectivity index (χ0) is 67.4. The minimum atomic E-state index is -1.14. The molecule has 0 aliphatic heterocycles. The molecule has 8 N–H and O–H groups in total. The largest absolute Gasteiger partial charge is 0.463 e. The van der Waals surface area contributed by atoms with E-state index in [-0.39, 0.29) is 256 Å². The van der Waals surface area contributed by atoms with Crippen molar-refractivity contribution in [3.05, 3.63) is 0 Å². The molecule has 0 aliphatic rings. The number of esters is 4. The number of hydrogen-bond acceptors (Lipinski definition) is 20. The van der Waals surface area contributed by atoms with Crippen LogP contribution in [0.25, 0.3) is 0 Å². The van der Waals surface area contributed by atoms with Gasteiger partial charge in [-0.2, -0.15) is 0 Å². The first kappa shape index (κ1) is 82.5. The van der Waals surface area contributed by atoms with Gasteiger partial charge in [0.1, 0.15) is 26.4 Å². The highest BCUT2D eigenvalue weighted by molar-refractivity contribution is 5.84. The summed E-state index contributed by atoms with van der Waals surface area (Å²) in [5.74, 6) is -4.02. The number of nitrogens with one attached hydrogen (secondary N) is 8. The van der Waals surface area contributed by atoms with Gasteiger partial charge in [0.15, 0.2) is 0 Å². The summed E-state index contributed by atoms with van der Waals surface area (Å²) in [6.45, 7) is 21.8. The van der Waals surface area contributed by atoms with Crippen molar-refractivity contribution >= 4 is 71.1 Å². The third-order valence-corrected chi connectivity index (χ3v) is 12.4. The van der Waals surface area contributed by atoms with Crippen molar-refractivity contribution in [2.24, 2.45) is 27.1 Å². The average molecular weight is 1270 g/mol. The minimum Gasteiger partial charge on any atom is -0.463 e. The third kappa shape index (κ3) is 46.3. The molecule has 0 bridgehead atoms. The second kappa shape index (κ2) is 45.7. The minimum absolute atomic E-state index is 0.0483. The van der Waals surface area contributed by atoms with E-state index in [4.69, 9.17) is 37.9 Å². The van der Waals surface area contributed by atoms with Crippen molar-refractivity contribution < 1.29 is 95.4 Å². The van der Waals surface area contributed by atoms with Crippen molar-refractivity contribution in [2.45, 2.75) is 160 Å². The van der Waals surface area contributed by atoms with Crippen LogP contribution in [0.3, 0.4) is 0 Å². The molecule has 0 unspecified atom stereocenters. The van der Waals surface area contributed by atoms with Crippen molar-refractivity contribution in [3.8, 4) is 0 Å². The highest BCUT2D eigenvalue weighted by Crippen LogP contribution is 2.22. The molecule has 0 saturated carbocycles. The van der Waals surface area contributed by atoms with Crippen LogP contribution in [0.15, 0.2) is 0 Å². The number of carbonyl (C=O) groups excluding carboxylic acids is 12. The molecular weight excluding hydrogens is 1160 g/mol. The fourth-order valence-corrected chi connectivity index (χ4v) is 7.05. The third-order valence-electron chi connectivity index (χ3n) is 12.4. The Hall–Kier alpha value is -6.52. The number of hydrogen-bond donors (Lipinski definition) is 8. The molecule has 28 nitrogen and oxygen atoms in total. The lowest BCUT2D eigenvalue weighted by Crippen LogP contribution is -2.43. The Morgan fingerprint density at radius 2 is 0.427 bits per heavy atom. The average Bonchev–Trinajstić information content (AvgIpc) is 3.66. The van der Waals surface area contributed by atoms with E-state index in [1.807, 2.05) is 0 Å². The van der Waals surface area contributed by atoms with Crippen molar-refractivity contribution in [3.63, 3.8) is 0 Å². The molecule has 0 saturated heterocycles. The first-order valence-corrected chi connectivity index (χ1v) is 30.8. The van der Waals surface area contributed by atoms with E-state index < -0.39 is 51.0 Å². The molecule has 0 aromatic rings. The lowest BCUT2D eigenvalue weighted by Gasteiger charge is -2.33. The van der Waals surface area contributed by atoms with Gasteiger partial charge in [0, 0.05) is 125 Å². The van der Waals surface area contributed by atoms with Gasteiger partial charge in [0.25, 0.3) is 0 Å². The Morgan fingerprint density at radius 3 is 0.607 bits per heavy atom. The van der Waals surface area contributed by atoms with Crippen LogP contribution in [0.1, 0.15) is 160 Å². The van der Waals surface area contributed by atoms with Crippen LogP contribution in [0.2, 0.25) is 0 Å². The highest BCUT2D eigenvalue weighted by atomic mass is 16.6. The topological polar surface area (TPSA) is 375 Å². The van der Waals surface area contributed by atoms with Gasteiger partial charge in [-0.25, -0.2) is 0 Å². The van der Waals surface area contributed by atoms with Gasteiger partial charge in [0.2, 0.25) is 47.3 Å². The summed E-state index contributed by atoms with van der Waals surface area (Å²) in [6.07, 6.45) is 0.882. The zero-order valence-corrected chi connectivity index (χ0v) is 55.3. The predicted octanol–water partition coefficient (Wildman–Crippen LogP) is 2.01. The van der Waals surface area contributed by atoms with Gasteiger partial charge in [-0.05, 0) is 25.7 Å². The molecule has 0 aliphatic carbocycles. The molecule has 0 radical (unpaired) electrons. The van der Waals surface area contributed by atoms with Gasteiger partial charge in [-0.15, -0.1) is 0 Å². The van der Waals surface area contributed by atoms with Gasteiger partial charge in [-0.3, -0.25) is 57.5 Å². The summed E-state index contributed by atoms with van der Waals surface area (Å²) in [7, 11) is 0. The molecule has 8 amide bonds. The fourth-order valence-electron chi connectivity index (χ4n) is 7.05. The Labute approximate surface area is 526 Å². The summed E-state index contributed by atoms with van der Waals surface area (Å²) in [5, 5.41) is 21.8. The number of ether oxygens (including phenoxy) is 8. The Morgan fingerprint density at radius 1 is 0.247 bits per heavy atom. The van der Waals surface area contributed by atoms with Gasteiger partial charge in [0.05, 0.1) is 58.3 Å². The molecule has 0 atom stereocenters. The number of amides is 8.